The van der Waals surface area contributed by atoms with Gasteiger partial charge in [-0.25, -0.2) is 0 Å². The summed E-state index contributed by atoms with van der Waals surface area (Å²) >= 11 is 0. The highest BCUT2D eigenvalue weighted by Gasteiger charge is 2.19. The number of aromatic nitrogens is 2. The average molecular weight is 687 g/mol. The first kappa shape index (κ1) is 30.5. The first-order valence-corrected chi connectivity index (χ1v) is 18.6. The fraction of sp³-hybridized carbons (Fsp3) is 0. The molecule has 0 saturated heterocycles. The van der Waals surface area contributed by atoms with Crippen LogP contribution < -0.4 is 0 Å². The third-order valence-corrected chi connectivity index (χ3v) is 11.1. The summed E-state index contributed by atoms with van der Waals surface area (Å²) < 4.78 is 4.90. The van der Waals surface area contributed by atoms with E-state index in [1.54, 1.807) is 0 Å². The van der Waals surface area contributed by atoms with Crippen LogP contribution in [0.4, 0.5) is 0 Å². The van der Waals surface area contributed by atoms with E-state index in [1.165, 1.54) is 87.8 Å². The lowest BCUT2D eigenvalue weighted by atomic mass is 9.98. The Labute approximate surface area is 313 Å². The predicted octanol–water partition coefficient (Wildman–Crippen LogP) is 14.0. The highest BCUT2D eigenvalue weighted by molar-refractivity contribution is 6.16. The molecule has 11 aromatic rings. The molecule has 0 fully saturated rings. The van der Waals surface area contributed by atoms with Gasteiger partial charge in [0.2, 0.25) is 0 Å². The molecule has 0 aliphatic heterocycles. The molecule has 11 rings (SSSR count). The van der Waals surface area contributed by atoms with E-state index in [9.17, 15) is 0 Å². The Hall–Kier alpha value is -7.16. The van der Waals surface area contributed by atoms with Crippen molar-refractivity contribution in [3.63, 3.8) is 0 Å². The lowest BCUT2D eigenvalue weighted by molar-refractivity contribution is 1.18. The predicted molar refractivity (Wildman–Crippen MR) is 229 cm³/mol. The van der Waals surface area contributed by atoms with E-state index in [4.69, 9.17) is 0 Å². The number of fused-ring (bicyclic) bond motifs is 7. The molecule has 0 unspecified atom stereocenters. The summed E-state index contributed by atoms with van der Waals surface area (Å²) in [6.07, 6.45) is 0. The van der Waals surface area contributed by atoms with Gasteiger partial charge >= 0.3 is 0 Å². The minimum Gasteiger partial charge on any atom is -0.309 e. The van der Waals surface area contributed by atoms with Crippen molar-refractivity contribution in [2.45, 2.75) is 0 Å². The third-order valence-electron chi connectivity index (χ3n) is 11.1. The molecule has 2 aromatic heterocycles. The molecule has 0 bridgehead atoms. The third kappa shape index (κ3) is 4.81. The van der Waals surface area contributed by atoms with Crippen LogP contribution in [0, 0.1) is 0 Å². The molecule has 0 amide bonds. The first-order valence-electron chi connectivity index (χ1n) is 18.6. The Morgan fingerprint density at radius 2 is 0.833 bits per heavy atom. The minimum atomic E-state index is 1.15. The van der Waals surface area contributed by atoms with Crippen molar-refractivity contribution in [2.75, 3.05) is 0 Å². The molecule has 0 atom stereocenters. The molecule has 0 N–H and O–H groups in total. The Balaban J connectivity index is 1.16. The largest absolute Gasteiger partial charge is 0.309 e. The molecule has 0 aliphatic carbocycles. The molecule has 0 spiro atoms. The summed E-state index contributed by atoms with van der Waals surface area (Å²) in [5.41, 5.74) is 14.3. The van der Waals surface area contributed by atoms with Gasteiger partial charge in [0.15, 0.2) is 0 Å². The van der Waals surface area contributed by atoms with Gasteiger partial charge in [0.25, 0.3) is 0 Å². The zero-order valence-corrected chi connectivity index (χ0v) is 29.5. The zero-order chi connectivity index (χ0) is 35.6. The number of hydrogen-bond donors (Lipinski definition) is 0. The Kier molecular flexibility index (Phi) is 6.90. The summed E-state index contributed by atoms with van der Waals surface area (Å²) in [7, 11) is 0. The molecule has 2 heterocycles. The monoisotopic (exact) mass is 686 g/mol. The van der Waals surface area contributed by atoms with Crippen molar-refractivity contribution >= 4 is 54.4 Å². The maximum Gasteiger partial charge on any atom is 0.0619 e. The molecule has 252 valence electrons. The highest BCUT2D eigenvalue weighted by Crippen LogP contribution is 2.42. The molecule has 0 aliphatic rings. The van der Waals surface area contributed by atoms with Gasteiger partial charge in [0.1, 0.15) is 0 Å². The van der Waals surface area contributed by atoms with Gasteiger partial charge in [-0.2, -0.15) is 0 Å². The van der Waals surface area contributed by atoms with Crippen LogP contribution in [0.3, 0.4) is 0 Å². The summed E-state index contributed by atoms with van der Waals surface area (Å²) in [4.78, 5) is 0. The molecule has 9 aromatic carbocycles. The number of para-hydroxylation sites is 3. The van der Waals surface area contributed by atoms with E-state index >= 15 is 0 Å². The number of nitrogens with zero attached hydrogens (tertiary/aromatic N) is 2. The normalized spacial score (nSPS) is 11.7. The quantitative estimate of drug-likeness (QED) is 0.171. The van der Waals surface area contributed by atoms with Crippen molar-refractivity contribution in [3.05, 3.63) is 206 Å². The van der Waals surface area contributed by atoms with Gasteiger partial charge in [-0.05, 0) is 93.2 Å². The Bertz CT molecular complexity index is 3140. The van der Waals surface area contributed by atoms with Gasteiger partial charge in [-0.3, -0.25) is 0 Å². The topological polar surface area (TPSA) is 9.86 Å². The van der Waals surface area contributed by atoms with Crippen LogP contribution in [0.2, 0.25) is 0 Å². The number of hydrogen-bond acceptors (Lipinski definition) is 0. The van der Waals surface area contributed by atoms with E-state index < -0.39 is 0 Å². The summed E-state index contributed by atoms with van der Waals surface area (Å²) in [5.74, 6) is 0. The number of benzene rings is 9. The summed E-state index contributed by atoms with van der Waals surface area (Å²) in [5, 5.41) is 7.47. The van der Waals surface area contributed by atoms with Crippen molar-refractivity contribution in [3.8, 4) is 44.8 Å². The molecule has 0 saturated carbocycles. The van der Waals surface area contributed by atoms with E-state index in [1.807, 2.05) is 0 Å². The Morgan fingerprint density at radius 1 is 0.259 bits per heavy atom. The van der Waals surface area contributed by atoms with Crippen LogP contribution in [0.5, 0.6) is 0 Å². The Morgan fingerprint density at radius 3 is 1.56 bits per heavy atom. The maximum absolute atomic E-state index is 2.46. The van der Waals surface area contributed by atoms with Crippen molar-refractivity contribution in [2.24, 2.45) is 0 Å². The molecule has 54 heavy (non-hydrogen) atoms. The SMILES string of the molecule is c1ccc(-c2cc(-c3ccccc3)cc(-n3c4ccccc4c4cc(-c5cccc6c7ccccc7n(-c7ccc8ccccc8c7)c56)ccc43)c2)cc1. The van der Waals surface area contributed by atoms with Gasteiger partial charge in [-0.1, -0.05) is 152 Å². The molecule has 0 radical (unpaired) electrons. The van der Waals surface area contributed by atoms with Crippen LogP contribution >= 0.6 is 0 Å². The maximum atomic E-state index is 2.46. The second-order valence-electron chi connectivity index (χ2n) is 14.2. The lowest BCUT2D eigenvalue weighted by Gasteiger charge is -2.15. The van der Waals surface area contributed by atoms with E-state index in [0.717, 1.165) is 11.4 Å². The van der Waals surface area contributed by atoms with Gasteiger partial charge < -0.3 is 9.13 Å². The zero-order valence-electron chi connectivity index (χ0n) is 29.5. The highest BCUT2D eigenvalue weighted by atomic mass is 15.0. The molecular weight excluding hydrogens is 653 g/mol. The molecule has 2 nitrogen and oxygen atoms in total. The summed E-state index contributed by atoms with van der Waals surface area (Å²) in [6, 6.07) is 75.3. The lowest BCUT2D eigenvalue weighted by Crippen LogP contribution is -1.96. The van der Waals surface area contributed by atoms with E-state index in [-0.39, 0.29) is 0 Å². The van der Waals surface area contributed by atoms with Crippen LogP contribution in [0.25, 0.3) is 99.1 Å². The van der Waals surface area contributed by atoms with Gasteiger partial charge in [0, 0.05) is 38.5 Å². The standard InChI is InChI=1S/C52H34N2/c1-3-14-35(15-4-1)40-30-41(36-16-5-2-6-17-36)33-43(32-40)53-49-24-11-10-21-46(49)48-34-39(27-29-51(48)53)44-22-13-23-47-45-20-9-12-25-50(45)54(52(44)47)42-28-26-37-18-7-8-19-38(37)31-42/h1-34H. The van der Waals surface area contributed by atoms with Crippen LogP contribution in [-0.4, -0.2) is 9.13 Å². The van der Waals surface area contributed by atoms with E-state index in [0.29, 0.717) is 0 Å². The minimum absolute atomic E-state index is 1.15. The second kappa shape index (κ2) is 12.2. The average Bonchev–Trinajstić information content (AvgIpc) is 3.77. The fourth-order valence-corrected chi connectivity index (χ4v) is 8.59. The molecule has 2 heteroatoms. The summed E-state index contributed by atoms with van der Waals surface area (Å²) in [6.45, 7) is 0. The first-order chi connectivity index (χ1) is 26.8. The van der Waals surface area contributed by atoms with Gasteiger partial charge in [-0.15, -0.1) is 0 Å². The van der Waals surface area contributed by atoms with Crippen LogP contribution in [-0.2, 0) is 0 Å². The van der Waals surface area contributed by atoms with E-state index in [2.05, 4.69) is 215 Å². The van der Waals surface area contributed by atoms with Crippen molar-refractivity contribution in [1.29, 1.82) is 0 Å². The fourth-order valence-electron chi connectivity index (χ4n) is 8.59. The smallest absolute Gasteiger partial charge is 0.0619 e. The van der Waals surface area contributed by atoms with Crippen LogP contribution in [0.1, 0.15) is 0 Å². The van der Waals surface area contributed by atoms with Crippen molar-refractivity contribution in [1.82, 2.24) is 9.13 Å². The number of rotatable bonds is 5. The second-order valence-corrected chi connectivity index (χ2v) is 14.2. The molecular formula is C52H34N2. The van der Waals surface area contributed by atoms with Gasteiger partial charge in [0.05, 0.1) is 22.1 Å². The van der Waals surface area contributed by atoms with Crippen LogP contribution in [0.15, 0.2) is 206 Å². The van der Waals surface area contributed by atoms with Crippen molar-refractivity contribution < 1.29 is 0 Å².